The average Bonchev–Trinajstić information content (AvgIpc) is 2.57. The molecule has 140 valence electrons. The molecule has 0 radical (unpaired) electrons. The highest BCUT2D eigenvalue weighted by Gasteiger charge is 2.30. The first-order valence-electron chi connectivity index (χ1n) is 7.53. The summed E-state index contributed by atoms with van der Waals surface area (Å²) in [7, 11) is -2.52. The molecule has 1 amide bonds. The van der Waals surface area contributed by atoms with E-state index < -0.39 is 33.6 Å². The Hall–Kier alpha value is -2.68. The molecule has 1 atom stereocenters. The summed E-state index contributed by atoms with van der Waals surface area (Å²) in [6.07, 6.45) is 0.876. The Balaban J connectivity index is 2.36. The van der Waals surface area contributed by atoms with E-state index in [1.165, 1.54) is 14.0 Å². The normalized spacial score (nSPS) is 12.3. The number of benzene rings is 2. The van der Waals surface area contributed by atoms with Crippen LogP contribution in [0.3, 0.4) is 0 Å². The average molecular weight is 384 g/mol. The van der Waals surface area contributed by atoms with Crippen LogP contribution in [0.15, 0.2) is 42.5 Å². The predicted molar refractivity (Wildman–Crippen MR) is 94.8 cm³/mol. The van der Waals surface area contributed by atoms with Gasteiger partial charge in [0.2, 0.25) is 15.9 Å². The van der Waals surface area contributed by atoms with E-state index in [4.69, 9.17) is 4.74 Å². The van der Waals surface area contributed by atoms with Crippen LogP contribution in [-0.4, -0.2) is 33.7 Å². The van der Waals surface area contributed by atoms with Crippen molar-refractivity contribution in [1.82, 2.24) is 0 Å². The number of halogens is 2. The van der Waals surface area contributed by atoms with Crippen LogP contribution < -0.4 is 14.4 Å². The minimum Gasteiger partial charge on any atom is -0.495 e. The first-order chi connectivity index (χ1) is 12.1. The Morgan fingerprint density at radius 1 is 1.15 bits per heavy atom. The lowest BCUT2D eigenvalue weighted by Crippen LogP contribution is -2.45. The molecule has 0 saturated carbocycles. The van der Waals surface area contributed by atoms with Crippen LogP contribution >= 0.6 is 0 Å². The highest BCUT2D eigenvalue weighted by Crippen LogP contribution is 2.26. The van der Waals surface area contributed by atoms with Gasteiger partial charge in [0.15, 0.2) is 11.6 Å². The number of methoxy groups -OCH3 is 1. The third-order valence-corrected chi connectivity index (χ3v) is 4.85. The fourth-order valence-electron chi connectivity index (χ4n) is 2.42. The number of rotatable bonds is 6. The first-order valence-corrected chi connectivity index (χ1v) is 9.38. The maximum Gasteiger partial charge on any atom is 0.248 e. The Morgan fingerprint density at radius 3 is 2.38 bits per heavy atom. The van der Waals surface area contributed by atoms with Crippen LogP contribution in [0.1, 0.15) is 6.92 Å². The number of ether oxygens (including phenoxy) is 1. The van der Waals surface area contributed by atoms with Crippen molar-refractivity contribution in [2.45, 2.75) is 13.0 Å². The van der Waals surface area contributed by atoms with Crippen LogP contribution in [0.4, 0.5) is 20.2 Å². The van der Waals surface area contributed by atoms with Gasteiger partial charge in [-0.2, -0.15) is 0 Å². The summed E-state index contributed by atoms with van der Waals surface area (Å²) in [4.78, 5) is 12.6. The zero-order valence-corrected chi connectivity index (χ0v) is 15.2. The molecule has 26 heavy (non-hydrogen) atoms. The van der Waals surface area contributed by atoms with Gasteiger partial charge in [0.1, 0.15) is 11.8 Å². The van der Waals surface area contributed by atoms with Gasteiger partial charge < -0.3 is 10.1 Å². The summed E-state index contributed by atoms with van der Waals surface area (Å²) >= 11 is 0. The smallest absolute Gasteiger partial charge is 0.248 e. The molecule has 2 rings (SSSR count). The molecular formula is C17H18F2N2O4S. The van der Waals surface area contributed by atoms with Gasteiger partial charge in [-0.3, -0.25) is 9.10 Å². The second-order valence-electron chi connectivity index (χ2n) is 5.52. The quantitative estimate of drug-likeness (QED) is 0.831. The number of amides is 1. The molecule has 0 aliphatic heterocycles. The van der Waals surface area contributed by atoms with Crippen LogP contribution in [0, 0.1) is 11.6 Å². The highest BCUT2D eigenvalue weighted by atomic mass is 32.2. The number of nitrogens with zero attached hydrogens (tertiary/aromatic N) is 1. The molecule has 2 aromatic carbocycles. The van der Waals surface area contributed by atoms with E-state index in [1.807, 2.05) is 0 Å². The number of para-hydroxylation sites is 2. The monoisotopic (exact) mass is 384 g/mol. The standard InChI is InChI=1S/C17H18F2N2O4S/c1-11(17(22)20-15-6-4-5-7-16(15)25-2)21(26(3,23)24)12-8-9-13(18)14(19)10-12/h4-11H,1-3H3,(H,20,22). The van der Waals surface area contributed by atoms with Gasteiger partial charge in [0.05, 0.1) is 24.7 Å². The van der Waals surface area contributed by atoms with Crippen LogP contribution in [0.5, 0.6) is 5.75 Å². The van der Waals surface area contributed by atoms with Crippen molar-refractivity contribution in [3.8, 4) is 5.75 Å². The molecule has 0 fully saturated rings. The third-order valence-electron chi connectivity index (χ3n) is 3.61. The first kappa shape index (κ1) is 19.6. The molecule has 9 heteroatoms. The molecule has 0 aromatic heterocycles. The van der Waals surface area contributed by atoms with Gasteiger partial charge in [0.25, 0.3) is 0 Å². The Labute approximate surface area is 150 Å². The number of anilines is 2. The Morgan fingerprint density at radius 2 is 1.81 bits per heavy atom. The van der Waals surface area contributed by atoms with Crippen molar-refractivity contribution >= 4 is 27.3 Å². The second kappa shape index (κ2) is 7.69. The lowest BCUT2D eigenvalue weighted by Gasteiger charge is -2.28. The molecule has 1 unspecified atom stereocenters. The topological polar surface area (TPSA) is 75.7 Å². The van der Waals surface area contributed by atoms with Crippen molar-refractivity contribution < 1.29 is 26.7 Å². The van der Waals surface area contributed by atoms with E-state index in [2.05, 4.69) is 5.32 Å². The van der Waals surface area contributed by atoms with Crippen molar-refractivity contribution in [3.05, 3.63) is 54.1 Å². The van der Waals surface area contributed by atoms with Gasteiger partial charge in [-0.25, -0.2) is 17.2 Å². The summed E-state index contributed by atoms with van der Waals surface area (Å²) in [6.45, 7) is 1.34. The Bertz CT molecular complexity index is 919. The number of nitrogens with one attached hydrogen (secondary N) is 1. The van der Waals surface area contributed by atoms with E-state index in [0.29, 0.717) is 11.4 Å². The fraction of sp³-hybridized carbons (Fsp3) is 0.235. The molecular weight excluding hydrogens is 366 g/mol. The van der Waals surface area contributed by atoms with Crippen molar-refractivity contribution in [2.75, 3.05) is 23.0 Å². The van der Waals surface area contributed by atoms with Crippen molar-refractivity contribution in [1.29, 1.82) is 0 Å². The molecule has 0 heterocycles. The summed E-state index contributed by atoms with van der Waals surface area (Å²) in [6, 6.07) is 7.99. The fourth-order valence-corrected chi connectivity index (χ4v) is 3.58. The predicted octanol–water partition coefficient (Wildman–Crippen LogP) is 2.77. The zero-order chi connectivity index (χ0) is 19.5. The molecule has 0 aliphatic rings. The van der Waals surface area contributed by atoms with Gasteiger partial charge in [0, 0.05) is 6.07 Å². The van der Waals surface area contributed by atoms with Crippen LogP contribution in [-0.2, 0) is 14.8 Å². The molecule has 2 aromatic rings. The zero-order valence-electron chi connectivity index (χ0n) is 14.4. The Kier molecular flexibility index (Phi) is 5.81. The molecule has 0 aliphatic carbocycles. The third kappa shape index (κ3) is 4.29. The van der Waals surface area contributed by atoms with Gasteiger partial charge in [-0.1, -0.05) is 12.1 Å². The maximum atomic E-state index is 13.5. The summed E-state index contributed by atoms with van der Waals surface area (Å²) < 4.78 is 56.8. The van der Waals surface area contributed by atoms with E-state index in [9.17, 15) is 22.0 Å². The number of carbonyl (C=O) groups is 1. The van der Waals surface area contributed by atoms with Gasteiger partial charge in [-0.05, 0) is 31.2 Å². The molecule has 6 nitrogen and oxygen atoms in total. The molecule has 0 spiro atoms. The lowest BCUT2D eigenvalue weighted by molar-refractivity contribution is -0.116. The number of carbonyl (C=O) groups excluding carboxylic acids is 1. The van der Waals surface area contributed by atoms with E-state index in [-0.39, 0.29) is 5.69 Å². The molecule has 1 N–H and O–H groups in total. The maximum absolute atomic E-state index is 13.5. The van der Waals surface area contributed by atoms with E-state index in [1.54, 1.807) is 24.3 Å². The largest absolute Gasteiger partial charge is 0.495 e. The van der Waals surface area contributed by atoms with Gasteiger partial charge >= 0.3 is 0 Å². The molecule has 0 saturated heterocycles. The van der Waals surface area contributed by atoms with Crippen molar-refractivity contribution in [2.24, 2.45) is 0 Å². The van der Waals surface area contributed by atoms with Crippen LogP contribution in [0.2, 0.25) is 0 Å². The lowest BCUT2D eigenvalue weighted by atomic mass is 10.2. The van der Waals surface area contributed by atoms with Gasteiger partial charge in [-0.15, -0.1) is 0 Å². The van der Waals surface area contributed by atoms with Crippen molar-refractivity contribution in [3.63, 3.8) is 0 Å². The highest BCUT2D eigenvalue weighted by molar-refractivity contribution is 7.92. The SMILES string of the molecule is COc1ccccc1NC(=O)C(C)N(c1ccc(F)c(F)c1)S(C)(=O)=O. The molecule has 0 bridgehead atoms. The summed E-state index contributed by atoms with van der Waals surface area (Å²) in [5.74, 6) is -2.60. The van der Waals surface area contributed by atoms with Crippen LogP contribution in [0.25, 0.3) is 0 Å². The minimum atomic E-state index is -3.95. The van der Waals surface area contributed by atoms with E-state index in [0.717, 1.165) is 28.8 Å². The number of sulfonamides is 1. The summed E-state index contributed by atoms with van der Waals surface area (Å²) in [5, 5.41) is 2.57. The van der Waals surface area contributed by atoms with E-state index >= 15 is 0 Å². The second-order valence-corrected chi connectivity index (χ2v) is 7.38. The number of hydrogen-bond donors (Lipinski definition) is 1. The summed E-state index contributed by atoms with van der Waals surface area (Å²) in [5.41, 5.74) is 0.194. The minimum absolute atomic E-state index is 0.158. The number of hydrogen-bond acceptors (Lipinski definition) is 4.